The summed E-state index contributed by atoms with van der Waals surface area (Å²) in [5, 5.41) is 5.39. The van der Waals surface area contributed by atoms with E-state index in [0.717, 1.165) is 45.7 Å². The molecule has 0 N–H and O–H groups in total. The van der Waals surface area contributed by atoms with Crippen molar-refractivity contribution in [2.45, 2.75) is 27.2 Å². The molecule has 146 valence electrons. The van der Waals surface area contributed by atoms with Gasteiger partial charge in [-0.3, -0.25) is 14.4 Å². The molecule has 1 fully saturated rings. The lowest BCUT2D eigenvalue weighted by Crippen LogP contribution is -2.31. The van der Waals surface area contributed by atoms with Crippen molar-refractivity contribution in [1.82, 2.24) is 19.7 Å². The third kappa shape index (κ3) is 2.63. The zero-order chi connectivity index (χ0) is 20.3. The van der Waals surface area contributed by atoms with Crippen molar-refractivity contribution in [3.8, 4) is 0 Å². The predicted octanol–water partition coefficient (Wildman–Crippen LogP) is 4.03. The molecule has 1 saturated heterocycles. The molecule has 0 saturated carbocycles. The zero-order valence-electron chi connectivity index (χ0n) is 17.0. The summed E-state index contributed by atoms with van der Waals surface area (Å²) in [5.41, 5.74) is 4.51. The fraction of sp³-hybridized carbons (Fsp3) is 0.304. The predicted molar refractivity (Wildman–Crippen MR) is 113 cm³/mol. The molecular weight excluding hydrogens is 362 g/mol. The lowest BCUT2D eigenvalue weighted by atomic mass is 9.75. The van der Waals surface area contributed by atoms with Crippen molar-refractivity contribution in [3.05, 3.63) is 66.0 Å². The first-order chi connectivity index (χ1) is 13.9. The Morgan fingerprint density at radius 2 is 1.90 bits per heavy atom. The second kappa shape index (κ2) is 6.11. The molecule has 2 aliphatic rings. The lowest BCUT2D eigenvalue weighted by Gasteiger charge is -2.26. The third-order valence-corrected chi connectivity index (χ3v) is 6.22. The average molecular weight is 385 g/mol. The van der Waals surface area contributed by atoms with Gasteiger partial charge in [-0.1, -0.05) is 19.9 Å². The zero-order valence-corrected chi connectivity index (χ0v) is 17.0. The van der Waals surface area contributed by atoms with Crippen LogP contribution in [0.15, 0.2) is 54.6 Å². The number of rotatable bonds is 2. The summed E-state index contributed by atoms with van der Waals surface area (Å²) in [6.07, 6.45) is 10.7. The molecular formula is C23H23N5O. The van der Waals surface area contributed by atoms with Gasteiger partial charge in [-0.15, -0.1) is 0 Å². The molecule has 1 aliphatic heterocycles. The highest BCUT2D eigenvalue weighted by atomic mass is 16.2. The summed E-state index contributed by atoms with van der Waals surface area (Å²) in [5.74, 6) is 1.02. The maximum absolute atomic E-state index is 13.5. The van der Waals surface area contributed by atoms with Crippen molar-refractivity contribution < 1.29 is 4.79 Å². The number of hydrogen-bond acceptors (Lipinski definition) is 4. The number of hydrogen-bond donors (Lipinski definition) is 0. The van der Waals surface area contributed by atoms with Gasteiger partial charge in [0.25, 0.3) is 0 Å². The molecule has 1 unspecified atom stereocenters. The minimum absolute atomic E-state index is 0.130. The maximum Gasteiger partial charge on any atom is 0.237 e. The van der Waals surface area contributed by atoms with Crippen molar-refractivity contribution >= 4 is 28.1 Å². The van der Waals surface area contributed by atoms with Crippen LogP contribution in [0.4, 0.5) is 5.69 Å². The second-order valence-corrected chi connectivity index (χ2v) is 8.41. The molecule has 3 aromatic rings. The second-order valence-electron chi connectivity index (χ2n) is 8.41. The molecule has 1 aromatic carbocycles. The molecule has 6 heteroatoms. The number of amides is 1. The van der Waals surface area contributed by atoms with Gasteiger partial charge >= 0.3 is 0 Å². The first kappa shape index (κ1) is 17.8. The highest BCUT2D eigenvalue weighted by molar-refractivity contribution is 6.06. The van der Waals surface area contributed by atoms with E-state index < -0.39 is 5.41 Å². The Bertz CT molecular complexity index is 1200. The van der Waals surface area contributed by atoms with E-state index in [4.69, 9.17) is 0 Å². The molecule has 6 nitrogen and oxygen atoms in total. The van der Waals surface area contributed by atoms with E-state index in [-0.39, 0.29) is 11.8 Å². The van der Waals surface area contributed by atoms with Gasteiger partial charge in [0.15, 0.2) is 0 Å². The van der Waals surface area contributed by atoms with E-state index in [9.17, 15) is 4.79 Å². The van der Waals surface area contributed by atoms with Crippen LogP contribution < -0.4 is 4.90 Å². The van der Waals surface area contributed by atoms with Crippen LogP contribution in [0.2, 0.25) is 0 Å². The molecule has 3 heterocycles. The van der Waals surface area contributed by atoms with Crippen molar-refractivity contribution in [1.29, 1.82) is 0 Å². The number of benzene rings is 1. The fourth-order valence-corrected chi connectivity index (χ4v) is 4.40. The summed E-state index contributed by atoms with van der Waals surface area (Å²) in [6, 6.07) is 6.08. The van der Waals surface area contributed by atoms with Crippen LogP contribution in [0.25, 0.3) is 16.5 Å². The standard InChI is InChI=1S/C23H23N5O/c1-14-24-11-17(12-25-14)15-6-8-19-21(9-15)28(22(29)23(19,2)3)18-7-5-16-13-26-27(4)20(16)10-18/h5-7,9-13,19H,8H2,1-4H3. The molecule has 0 radical (unpaired) electrons. The van der Waals surface area contributed by atoms with Gasteiger partial charge in [0, 0.05) is 42.0 Å². The Morgan fingerprint density at radius 1 is 1.14 bits per heavy atom. The number of aromatic nitrogens is 4. The fourth-order valence-electron chi connectivity index (χ4n) is 4.40. The topological polar surface area (TPSA) is 63.9 Å². The summed E-state index contributed by atoms with van der Waals surface area (Å²) < 4.78 is 1.84. The largest absolute Gasteiger partial charge is 0.284 e. The molecule has 1 amide bonds. The third-order valence-electron chi connectivity index (χ3n) is 6.22. The normalized spacial score (nSPS) is 20.6. The molecule has 29 heavy (non-hydrogen) atoms. The van der Waals surface area contributed by atoms with E-state index in [0.29, 0.717) is 0 Å². The Balaban J connectivity index is 1.63. The van der Waals surface area contributed by atoms with Crippen molar-refractivity contribution in [2.75, 3.05) is 4.90 Å². The van der Waals surface area contributed by atoms with Crippen LogP contribution in [0.5, 0.6) is 0 Å². The first-order valence-electron chi connectivity index (χ1n) is 9.83. The number of fused-ring (bicyclic) bond motifs is 2. The van der Waals surface area contributed by atoms with Crippen LogP contribution in [-0.2, 0) is 11.8 Å². The Kier molecular flexibility index (Phi) is 3.75. The summed E-state index contributed by atoms with van der Waals surface area (Å²) >= 11 is 0. The van der Waals surface area contributed by atoms with Gasteiger partial charge in [-0.05, 0) is 43.2 Å². The molecule has 0 bridgehead atoms. The summed E-state index contributed by atoms with van der Waals surface area (Å²) in [6.45, 7) is 5.97. The summed E-state index contributed by atoms with van der Waals surface area (Å²) in [7, 11) is 1.92. The number of carbonyl (C=O) groups is 1. The minimum atomic E-state index is -0.459. The number of carbonyl (C=O) groups excluding carboxylic acids is 1. The monoisotopic (exact) mass is 385 g/mol. The maximum atomic E-state index is 13.5. The smallest absolute Gasteiger partial charge is 0.237 e. The highest BCUT2D eigenvalue weighted by Crippen LogP contribution is 2.50. The van der Waals surface area contributed by atoms with E-state index in [1.165, 1.54) is 0 Å². The van der Waals surface area contributed by atoms with E-state index in [1.807, 2.05) is 74.2 Å². The van der Waals surface area contributed by atoms with Crippen molar-refractivity contribution in [2.24, 2.45) is 18.4 Å². The SMILES string of the molecule is Cc1ncc(C2=CCC3C(=C2)N(c2ccc4cnn(C)c4c2)C(=O)C3(C)C)cn1. The van der Waals surface area contributed by atoms with Crippen LogP contribution >= 0.6 is 0 Å². The van der Waals surface area contributed by atoms with E-state index >= 15 is 0 Å². The van der Waals surface area contributed by atoms with Gasteiger partial charge in [0.05, 0.1) is 22.8 Å². The van der Waals surface area contributed by atoms with E-state index in [2.05, 4.69) is 27.2 Å². The van der Waals surface area contributed by atoms with E-state index in [1.54, 1.807) is 0 Å². The highest BCUT2D eigenvalue weighted by Gasteiger charge is 2.51. The lowest BCUT2D eigenvalue weighted by molar-refractivity contribution is -0.125. The Morgan fingerprint density at radius 3 is 2.66 bits per heavy atom. The molecule has 1 atom stereocenters. The van der Waals surface area contributed by atoms with Gasteiger partial charge in [0.1, 0.15) is 5.82 Å². The number of anilines is 1. The van der Waals surface area contributed by atoms with Crippen LogP contribution in [0.1, 0.15) is 31.7 Å². The number of aryl methyl sites for hydroxylation is 2. The Hall–Kier alpha value is -3.28. The molecule has 5 rings (SSSR count). The van der Waals surface area contributed by atoms with Crippen LogP contribution in [0, 0.1) is 18.3 Å². The van der Waals surface area contributed by atoms with Crippen LogP contribution in [-0.4, -0.2) is 25.7 Å². The number of allylic oxidation sites excluding steroid dienone is 4. The van der Waals surface area contributed by atoms with Crippen molar-refractivity contribution in [3.63, 3.8) is 0 Å². The van der Waals surface area contributed by atoms with Gasteiger partial charge < -0.3 is 0 Å². The van der Waals surface area contributed by atoms with Gasteiger partial charge in [-0.25, -0.2) is 9.97 Å². The molecule has 0 spiro atoms. The Labute approximate surface area is 169 Å². The van der Waals surface area contributed by atoms with Crippen LogP contribution in [0.3, 0.4) is 0 Å². The molecule has 2 aromatic heterocycles. The quantitative estimate of drug-likeness (QED) is 0.668. The molecule has 1 aliphatic carbocycles. The van der Waals surface area contributed by atoms with Gasteiger partial charge in [-0.2, -0.15) is 5.10 Å². The van der Waals surface area contributed by atoms with Gasteiger partial charge in [0.2, 0.25) is 5.91 Å². The summed E-state index contributed by atoms with van der Waals surface area (Å²) in [4.78, 5) is 24.0. The first-order valence-corrected chi connectivity index (χ1v) is 9.83. The minimum Gasteiger partial charge on any atom is -0.284 e. The average Bonchev–Trinajstić information content (AvgIpc) is 3.17. The number of nitrogens with zero attached hydrogens (tertiary/aromatic N) is 5.